The van der Waals surface area contributed by atoms with Crippen LogP contribution in [-0.4, -0.2) is 36.5 Å². The fraction of sp³-hybridized carbons (Fsp3) is 1.00. The molecule has 1 saturated heterocycles. The van der Waals surface area contributed by atoms with E-state index in [9.17, 15) is 0 Å². The molecule has 0 aromatic carbocycles. The first-order valence-electron chi connectivity index (χ1n) is 4.31. The average Bonchev–Trinajstić information content (AvgIpc) is 1.93. The van der Waals surface area contributed by atoms with Crippen molar-refractivity contribution in [1.82, 2.24) is 10.2 Å². The van der Waals surface area contributed by atoms with Crippen LogP contribution in [0.3, 0.4) is 0 Å². The Morgan fingerprint density at radius 1 is 1.45 bits per heavy atom. The molecule has 0 aromatic heterocycles. The van der Waals surface area contributed by atoms with Gasteiger partial charge in [0.15, 0.2) is 0 Å². The van der Waals surface area contributed by atoms with Gasteiger partial charge in [0, 0.05) is 11.4 Å². The highest BCUT2D eigenvalue weighted by molar-refractivity contribution is 7.80. The van der Waals surface area contributed by atoms with Gasteiger partial charge >= 0.3 is 0 Å². The first-order valence-corrected chi connectivity index (χ1v) is 4.83. The summed E-state index contributed by atoms with van der Waals surface area (Å²) in [5.41, 5.74) is 0. The van der Waals surface area contributed by atoms with Crippen molar-refractivity contribution in [2.24, 2.45) is 0 Å². The van der Waals surface area contributed by atoms with Crippen LogP contribution in [0.15, 0.2) is 0 Å². The Morgan fingerprint density at radius 2 is 2.00 bits per heavy atom. The predicted octanol–water partition coefficient (Wildman–Crippen LogP) is 0.946. The van der Waals surface area contributed by atoms with Gasteiger partial charge in [0.05, 0.1) is 0 Å². The minimum atomic E-state index is 0.336. The van der Waals surface area contributed by atoms with Gasteiger partial charge in [-0.15, -0.1) is 0 Å². The molecule has 3 heteroatoms. The number of thiol groups is 1. The lowest BCUT2D eigenvalue weighted by Gasteiger charge is -2.30. The Labute approximate surface area is 74.8 Å². The zero-order valence-corrected chi connectivity index (χ0v) is 8.27. The third kappa shape index (κ3) is 3.45. The number of likely N-dealkylation sites (tertiary alicyclic amines) is 1. The fourth-order valence-electron chi connectivity index (χ4n) is 1.52. The summed E-state index contributed by atoms with van der Waals surface area (Å²) in [5.74, 6) is 0. The number of nitrogens with one attached hydrogen (secondary N) is 1. The third-order valence-corrected chi connectivity index (χ3v) is 2.34. The Morgan fingerprint density at radius 3 is 2.45 bits per heavy atom. The van der Waals surface area contributed by atoms with E-state index in [2.05, 4.69) is 36.8 Å². The number of piperidine rings is 1. The Hall–Kier alpha value is 0.270. The lowest BCUT2D eigenvalue weighted by molar-refractivity contribution is 0.234. The predicted molar refractivity (Wildman–Crippen MR) is 52.1 cm³/mol. The van der Waals surface area contributed by atoms with Crippen LogP contribution in [0.5, 0.6) is 0 Å². The van der Waals surface area contributed by atoms with Crippen LogP contribution in [0.25, 0.3) is 0 Å². The Kier molecular flexibility index (Phi) is 3.69. The summed E-state index contributed by atoms with van der Waals surface area (Å²) in [6.45, 7) is 4.53. The first kappa shape index (κ1) is 9.36. The van der Waals surface area contributed by atoms with Gasteiger partial charge in [-0.2, -0.15) is 12.6 Å². The summed E-state index contributed by atoms with van der Waals surface area (Å²) in [6, 6.07) is 0.693. The molecule has 0 aliphatic carbocycles. The lowest BCUT2D eigenvalue weighted by atomic mass is 10.1. The standard InChI is InChI=1S/C8H18N2S/c1-7(11)9-8-3-5-10(2)6-4-8/h7-9,11H,3-6H2,1-2H3. The van der Waals surface area contributed by atoms with E-state index in [1.165, 1.54) is 25.9 Å². The van der Waals surface area contributed by atoms with E-state index in [1.54, 1.807) is 0 Å². The zero-order chi connectivity index (χ0) is 8.27. The largest absolute Gasteiger partial charge is 0.306 e. The zero-order valence-electron chi connectivity index (χ0n) is 7.38. The molecule has 66 valence electrons. The second-order valence-corrected chi connectivity index (χ2v) is 4.19. The highest BCUT2D eigenvalue weighted by Gasteiger charge is 2.16. The van der Waals surface area contributed by atoms with Gasteiger partial charge in [0.25, 0.3) is 0 Å². The quantitative estimate of drug-likeness (QED) is 0.478. The van der Waals surface area contributed by atoms with Crippen molar-refractivity contribution in [2.45, 2.75) is 31.2 Å². The number of hydrogen-bond acceptors (Lipinski definition) is 3. The van der Waals surface area contributed by atoms with Gasteiger partial charge in [-0.3, -0.25) is 0 Å². The average molecular weight is 174 g/mol. The molecule has 1 rings (SSSR count). The van der Waals surface area contributed by atoms with E-state index in [0.717, 1.165) is 0 Å². The molecule has 11 heavy (non-hydrogen) atoms. The molecule has 1 fully saturated rings. The maximum Gasteiger partial charge on any atom is 0.0475 e. The molecule has 1 aliphatic rings. The summed E-state index contributed by atoms with van der Waals surface area (Å²) in [6.07, 6.45) is 2.53. The molecule has 1 N–H and O–H groups in total. The van der Waals surface area contributed by atoms with E-state index in [-0.39, 0.29) is 0 Å². The molecule has 0 radical (unpaired) electrons. The number of nitrogens with zero attached hydrogens (tertiary/aromatic N) is 1. The van der Waals surface area contributed by atoms with Crippen molar-refractivity contribution >= 4 is 12.6 Å². The van der Waals surface area contributed by atoms with Crippen molar-refractivity contribution in [3.05, 3.63) is 0 Å². The van der Waals surface area contributed by atoms with Crippen LogP contribution < -0.4 is 5.32 Å². The lowest BCUT2D eigenvalue weighted by Crippen LogP contribution is -2.42. The molecule has 0 amide bonds. The molecule has 0 saturated carbocycles. The molecule has 1 heterocycles. The van der Waals surface area contributed by atoms with Crippen molar-refractivity contribution in [1.29, 1.82) is 0 Å². The second kappa shape index (κ2) is 4.33. The van der Waals surface area contributed by atoms with Crippen LogP contribution in [0.1, 0.15) is 19.8 Å². The smallest absolute Gasteiger partial charge is 0.0475 e. The highest BCUT2D eigenvalue weighted by Crippen LogP contribution is 2.09. The van der Waals surface area contributed by atoms with Crippen LogP contribution in [0.2, 0.25) is 0 Å². The molecule has 0 bridgehead atoms. The second-order valence-electron chi connectivity index (χ2n) is 3.42. The van der Waals surface area contributed by atoms with E-state index in [1.807, 2.05) is 0 Å². The summed E-state index contributed by atoms with van der Waals surface area (Å²) in [4.78, 5) is 2.38. The van der Waals surface area contributed by atoms with E-state index in [0.29, 0.717) is 11.4 Å². The van der Waals surface area contributed by atoms with Gasteiger partial charge < -0.3 is 10.2 Å². The molecule has 0 aromatic rings. The summed E-state index contributed by atoms with van der Waals surface area (Å²) in [7, 11) is 2.18. The minimum absolute atomic E-state index is 0.336. The fourth-order valence-corrected chi connectivity index (χ4v) is 1.73. The highest BCUT2D eigenvalue weighted by atomic mass is 32.1. The van der Waals surface area contributed by atoms with Crippen LogP contribution in [0, 0.1) is 0 Å². The van der Waals surface area contributed by atoms with Crippen molar-refractivity contribution in [3.63, 3.8) is 0 Å². The van der Waals surface area contributed by atoms with Gasteiger partial charge in [0.2, 0.25) is 0 Å². The molecule has 2 nitrogen and oxygen atoms in total. The van der Waals surface area contributed by atoms with Crippen molar-refractivity contribution < 1.29 is 0 Å². The third-order valence-electron chi connectivity index (χ3n) is 2.20. The number of hydrogen-bond donors (Lipinski definition) is 2. The van der Waals surface area contributed by atoms with E-state index < -0.39 is 0 Å². The van der Waals surface area contributed by atoms with Crippen LogP contribution in [0.4, 0.5) is 0 Å². The van der Waals surface area contributed by atoms with E-state index in [4.69, 9.17) is 0 Å². The minimum Gasteiger partial charge on any atom is -0.306 e. The van der Waals surface area contributed by atoms with Gasteiger partial charge in [0.1, 0.15) is 0 Å². The molecule has 0 spiro atoms. The molecule has 1 unspecified atom stereocenters. The van der Waals surface area contributed by atoms with Gasteiger partial charge in [-0.05, 0) is 39.9 Å². The van der Waals surface area contributed by atoms with Gasteiger partial charge in [-0.25, -0.2) is 0 Å². The maximum atomic E-state index is 4.31. The summed E-state index contributed by atoms with van der Waals surface area (Å²) < 4.78 is 0. The maximum absolute atomic E-state index is 4.31. The monoisotopic (exact) mass is 174 g/mol. The number of rotatable bonds is 2. The summed E-state index contributed by atoms with van der Waals surface area (Å²) >= 11 is 4.31. The normalized spacial score (nSPS) is 25.4. The van der Waals surface area contributed by atoms with Crippen LogP contribution >= 0.6 is 12.6 Å². The van der Waals surface area contributed by atoms with Crippen molar-refractivity contribution in [2.75, 3.05) is 20.1 Å². The van der Waals surface area contributed by atoms with Crippen molar-refractivity contribution in [3.8, 4) is 0 Å². The van der Waals surface area contributed by atoms with Gasteiger partial charge in [-0.1, -0.05) is 0 Å². The molecule has 1 aliphatic heterocycles. The van der Waals surface area contributed by atoms with Crippen LogP contribution in [-0.2, 0) is 0 Å². The summed E-state index contributed by atoms with van der Waals surface area (Å²) in [5, 5.41) is 3.78. The first-order chi connectivity index (χ1) is 5.18. The molecular formula is C8H18N2S. The Bertz CT molecular complexity index is 109. The molecule has 1 atom stereocenters. The topological polar surface area (TPSA) is 15.3 Å². The van der Waals surface area contributed by atoms with E-state index >= 15 is 0 Å². The molecular weight excluding hydrogens is 156 g/mol. The Balaban J connectivity index is 2.17. The SMILES string of the molecule is CC(S)NC1CCN(C)CC1.